The van der Waals surface area contributed by atoms with Crippen molar-refractivity contribution in [2.75, 3.05) is 20.2 Å². The average molecular weight is 292 g/mol. The molecule has 0 radical (unpaired) electrons. The number of carbonyl (C=O) groups is 1. The molecule has 2 rings (SSSR count). The number of benzene rings is 1. The average Bonchev–Trinajstić information content (AvgIpc) is 2.88. The van der Waals surface area contributed by atoms with Gasteiger partial charge in [-0.1, -0.05) is 23.2 Å². The quantitative estimate of drug-likeness (QED) is 0.823. The Morgan fingerprint density at radius 2 is 2.06 bits per heavy atom. The van der Waals surface area contributed by atoms with Gasteiger partial charge in [-0.2, -0.15) is 0 Å². The fraction of sp³-hybridized carbons (Fsp3) is 0.417. The summed E-state index contributed by atoms with van der Waals surface area (Å²) in [4.78, 5) is 8.95. The van der Waals surface area contributed by atoms with E-state index in [2.05, 4.69) is 10.1 Å². The van der Waals surface area contributed by atoms with Crippen molar-refractivity contribution in [2.24, 2.45) is 0 Å². The summed E-state index contributed by atoms with van der Waals surface area (Å²) < 4.78 is 3.86. The lowest BCUT2D eigenvalue weighted by molar-refractivity contribution is -0.126. The number of hydrogen-bond acceptors (Lipinski definition) is 4. The molecule has 0 saturated carbocycles. The van der Waals surface area contributed by atoms with Crippen LogP contribution in [-0.2, 0) is 9.53 Å². The standard InChI is InChI=1S/C10H11Cl2NO.C2H4O2/c11-8-3-7(6-1-2-13-5-6)10(14)4-9(8)12;1-4-2-3/h3-4,6,13-14H,1-2,5H2;2H,1H3. The van der Waals surface area contributed by atoms with Gasteiger partial charge in [0.05, 0.1) is 17.2 Å². The van der Waals surface area contributed by atoms with Gasteiger partial charge in [-0.15, -0.1) is 0 Å². The Morgan fingerprint density at radius 1 is 1.44 bits per heavy atom. The van der Waals surface area contributed by atoms with Crippen LogP contribution in [0.15, 0.2) is 12.1 Å². The van der Waals surface area contributed by atoms with E-state index in [0.717, 1.165) is 25.1 Å². The second-order valence-corrected chi connectivity index (χ2v) is 4.66. The third-order valence-electron chi connectivity index (χ3n) is 2.67. The molecular weight excluding hydrogens is 277 g/mol. The van der Waals surface area contributed by atoms with E-state index in [-0.39, 0.29) is 5.75 Å². The smallest absolute Gasteiger partial charge is 0.292 e. The van der Waals surface area contributed by atoms with Crippen molar-refractivity contribution in [1.82, 2.24) is 5.32 Å². The predicted molar refractivity (Wildman–Crippen MR) is 71.4 cm³/mol. The Kier molecular flexibility index (Phi) is 6.25. The number of phenols is 1. The second-order valence-electron chi connectivity index (χ2n) is 3.85. The molecular formula is C12H15Cl2NO3. The molecule has 0 aromatic heterocycles. The summed E-state index contributed by atoms with van der Waals surface area (Å²) in [7, 11) is 1.31. The molecule has 2 N–H and O–H groups in total. The van der Waals surface area contributed by atoms with Crippen molar-refractivity contribution in [2.45, 2.75) is 12.3 Å². The lowest BCUT2D eigenvalue weighted by Crippen LogP contribution is -2.08. The van der Waals surface area contributed by atoms with Gasteiger partial charge < -0.3 is 15.2 Å². The number of aromatic hydroxyl groups is 1. The molecule has 0 amide bonds. The van der Waals surface area contributed by atoms with Crippen molar-refractivity contribution < 1.29 is 14.6 Å². The van der Waals surface area contributed by atoms with Gasteiger partial charge in [-0.25, -0.2) is 0 Å². The zero-order valence-electron chi connectivity index (χ0n) is 9.95. The molecule has 1 aliphatic rings. The number of carbonyl (C=O) groups excluding carboxylic acids is 1. The van der Waals surface area contributed by atoms with Crippen LogP contribution in [0.25, 0.3) is 0 Å². The summed E-state index contributed by atoms with van der Waals surface area (Å²) >= 11 is 11.7. The van der Waals surface area contributed by atoms with Gasteiger partial charge in [0.1, 0.15) is 5.75 Å². The number of nitrogens with one attached hydrogen (secondary N) is 1. The molecule has 1 aromatic rings. The highest BCUT2D eigenvalue weighted by molar-refractivity contribution is 6.42. The van der Waals surface area contributed by atoms with Gasteiger partial charge in [0.15, 0.2) is 0 Å². The summed E-state index contributed by atoms with van der Waals surface area (Å²) in [6.07, 6.45) is 1.03. The molecule has 0 spiro atoms. The van der Waals surface area contributed by atoms with E-state index < -0.39 is 0 Å². The molecule has 6 heteroatoms. The zero-order chi connectivity index (χ0) is 13.5. The molecule has 4 nitrogen and oxygen atoms in total. The van der Waals surface area contributed by atoms with Crippen LogP contribution in [0, 0.1) is 0 Å². The Morgan fingerprint density at radius 3 is 2.56 bits per heavy atom. The topological polar surface area (TPSA) is 58.6 Å². The van der Waals surface area contributed by atoms with Gasteiger partial charge in [0.25, 0.3) is 6.47 Å². The number of halogens is 2. The molecule has 0 aliphatic carbocycles. The molecule has 1 fully saturated rings. The minimum absolute atomic E-state index is 0.244. The van der Waals surface area contributed by atoms with Crippen LogP contribution in [0.5, 0.6) is 5.75 Å². The normalized spacial score (nSPS) is 17.8. The summed E-state index contributed by atoms with van der Waals surface area (Å²) in [6, 6.07) is 3.27. The number of rotatable bonds is 2. The van der Waals surface area contributed by atoms with Crippen LogP contribution in [0.3, 0.4) is 0 Å². The van der Waals surface area contributed by atoms with E-state index in [4.69, 9.17) is 28.0 Å². The highest BCUT2D eigenvalue weighted by Crippen LogP contribution is 2.36. The Balaban J connectivity index is 0.000000357. The van der Waals surface area contributed by atoms with Crippen molar-refractivity contribution in [1.29, 1.82) is 0 Å². The predicted octanol–water partition coefficient (Wildman–Crippen LogP) is 2.57. The van der Waals surface area contributed by atoms with Crippen LogP contribution in [0.4, 0.5) is 0 Å². The first-order valence-electron chi connectivity index (χ1n) is 5.45. The summed E-state index contributed by atoms with van der Waals surface area (Å²) in [6.45, 7) is 2.26. The van der Waals surface area contributed by atoms with Gasteiger partial charge in [0, 0.05) is 18.5 Å². The van der Waals surface area contributed by atoms with Gasteiger partial charge >= 0.3 is 0 Å². The van der Waals surface area contributed by atoms with Gasteiger partial charge in [-0.05, 0) is 24.6 Å². The van der Waals surface area contributed by atoms with E-state index in [1.165, 1.54) is 13.2 Å². The van der Waals surface area contributed by atoms with Crippen LogP contribution in [0.1, 0.15) is 17.9 Å². The van der Waals surface area contributed by atoms with Crippen molar-refractivity contribution in [3.05, 3.63) is 27.7 Å². The molecule has 1 aliphatic heterocycles. The molecule has 100 valence electrons. The van der Waals surface area contributed by atoms with Crippen molar-refractivity contribution in [3.63, 3.8) is 0 Å². The SMILES string of the molecule is COC=O.Oc1cc(Cl)c(Cl)cc1C1CCNC1. The van der Waals surface area contributed by atoms with E-state index in [1.54, 1.807) is 6.07 Å². The maximum atomic E-state index is 9.71. The van der Waals surface area contributed by atoms with Crippen LogP contribution >= 0.6 is 23.2 Å². The first-order chi connectivity index (χ1) is 8.60. The third kappa shape index (κ3) is 4.05. The molecule has 1 aromatic carbocycles. The second kappa shape index (κ2) is 7.46. The van der Waals surface area contributed by atoms with Crippen LogP contribution < -0.4 is 5.32 Å². The van der Waals surface area contributed by atoms with Crippen molar-refractivity contribution in [3.8, 4) is 5.75 Å². The molecule has 1 heterocycles. The first-order valence-corrected chi connectivity index (χ1v) is 6.20. The summed E-state index contributed by atoms with van der Waals surface area (Å²) in [5.41, 5.74) is 0.893. The maximum absolute atomic E-state index is 9.71. The highest BCUT2D eigenvalue weighted by Gasteiger charge is 2.20. The molecule has 1 atom stereocenters. The van der Waals surface area contributed by atoms with E-state index in [1.807, 2.05) is 0 Å². The fourth-order valence-corrected chi connectivity index (χ4v) is 2.13. The lowest BCUT2D eigenvalue weighted by Gasteiger charge is -2.12. The molecule has 1 saturated heterocycles. The van der Waals surface area contributed by atoms with Gasteiger partial charge in [0.2, 0.25) is 0 Å². The number of phenolic OH excluding ortho intramolecular Hbond substituents is 1. The third-order valence-corrected chi connectivity index (χ3v) is 3.39. The summed E-state index contributed by atoms with van der Waals surface area (Å²) in [5.74, 6) is 0.595. The highest BCUT2D eigenvalue weighted by atomic mass is 35.5. The number of hydrogen-bond donors (Lipinski definition) is 2. The van der Waals surface area contributed by atoms with Crippen molar-refractivity contribution >= 4 is 29.7 Å². The maximum Gasteiger partial charge on any atom is 0.292 e. The number of methoxy groups -OCH3 is 1. The van der Waals surface area contributed by atoms with Crippen LogP contribution in [0.2, 0.25) is 10.0 Å². The molecule has 18 heavy (non-hydrogen) atoms. The zero-order valence-corrected chi connectivity index (χ0v) is 11.5. The molecule has 1 unspecified atom stereocenters. The fourth-order valence-electron chi connectivity index (χ4n) is 1.80. The first kappa shape index (κ1) is 15.1. The van der Waals surface area contributed by atoms with E-state index in [0.29, 0.717) is 22.4 Å². The minimum atomic E-state index is 0.244. The Bertz CT molecular complexity index is 407. The van der Waals surface area contributed by atoms with Gasteiger partial charge in [-0.3, -0.25) is 4.79 Å². The Hall–Kier alpha value is -0.970. The monoisotopic (exact) mass is 291 g/mol. The number of ether oxygens (including phenoxy) is 1. The summed E-state index contributed by atoms with van der Waals surface area (Å²) in [5, 5.41) is 13.9. The minimum Gasteiger partial charge on any atom is -0.508 e. The largest absolute Gasteiger partial charge is 0.508 e. The van der Waals surface area contributed by atoms with Crippen LogP contribution in [-0.4, -0.2) is 31.8 Å². The lowest BCUT2D eigenvalue weighted by atomic mass is 9.97. The molecule has 0 bridgehead atoms. The Labute approximate surface area is 116 Å². The van der Waals surface area contributed by atoms with E-state index >= 15 is 0 Å². The van der Waals surface area contributed by atoms with E-state index in [9.17, 15) is 5.11 Å².